The number of urea groups is 1. The van der Waals surface area contributed by atoms with Crippen molar-refractivity contribution in [3.8, 4) is 0 Å². The van der Waals surface area contributed by atoms with Crippen LogP contribution >= 0.6 is 0 Å². The summed E-state index contributed by atoms with van der Waals surface area (Å²) in [6.07, 6.45) is 0. The van der Waals surface area contributed by atoms with E-state index < -0.39 is 0 Å². The lowest BCUT2D eigenvalue weighted by Gasteiger charge is -2.25. The number of nitrogens with one attached hydrogen (secondary N) is 3. The zero-order valence-corrected chi connectivity index (χ0v) is 9.72. The fourth-order valence-corrected chi connectivity index (χ4v) is 1.35. The van der Waals surface area contributed by atoms with Gasteiger partial charge < -0.3 is 20.7 Å². The van der Waals surface area contributed by atoms with Gasteiger partial charge in [0, 0.05) is 24.7 Å². The molecule has 1 fully saturated rings. The predicted molar refractivity (Wildman–Crippen MR) is 58.9 cm³/mol. The van der Waals surface area contributed by atoms with Gasteiger partial charge in [-0.3, -0.25) is 0 Å². The molecule has 1 unspecified atom stereocenters. The highest BCUT2D eigenvalue weighted by Crippen LogP contribution is 1.97. The first-order chi connectivity index (χ1) is 6.97. The van der Waals surface area contributed by atoms with E-state index in [-0.39, 0.29) is 17.6 Å². The van der Waals surface area contributed by atoms with Gasteiger partial charge in [-0.2, -0.15) is 0 Å². The molecule has 0 aromatic heterocycles. The summed E-state index contributed by atoms with van der Waals surface area (Å²) in [5, 5.41) is 8.93. The van der Waals surface area contributed by atoms with Gasteiger partial charge in [-0.25, -0.2) is 4.79 Å². The minimum Gasteiger partial charge on any atom is -0.378 e. The molecule has 1 heterocycles. The maximum atomic E-state index is 11.4. The monoisotopic (exact) mass is 215 g/mol. The van der Waals surface area contributed by atoms with Crippen LogP contribution in [0.2, 0.25) is 0 Å². The zero-order chi connectivity index (χ0) is 11.3. The van der Waals surface area contributed by atoms with Crippen molar-refractivity contribution in [1.29, 1.82) is 0 Å². The second-order valence-electron chi connectivity index (χ2n) is 4.81. The first-order valence-electron chi connectivity index (χ1n) is 5.34. The number of morpholine rings is 1. The minimum absolute atomic E-state index is 0.130. The molecular formula is C10H21N3O2. The number of carbonyl (C=O) groups excluding carboxylic acids is 1. The van der Waals surface area contributed by atoms with E-state index in [2.05, 4.69) is 16.0 Å². The van der Waals surface area contributed by atoms with Crippen LogP contribution in [-0.2, 0) is 4.74 Å². The molecule has 0 aromatic carbocycles. The Morgan fingerprint density at radius 3 is 2.80 bits per heavy atom. The molecule has 1 aliphatic rings. The Balaban J connectivity index is 2.15. The van der Waals surface area contributed by atoms with Gasteiger partial charge in [0.25, 0.3) is 0 Å². The summed E-state index contributed by atoms with van der Waals surface area (Å²) in [7, 11) is 0. The Morgan fingerprint density at radius 2 is 2.27 bits per heavy atom. The van der Waals surface area contributed by atoms with Gasteiger partial charge in [0.2, 0.25) is 0 Å². The van der Waals surface area contributed by atoms with E-state index in [0.29, 0.717) is 13.2 Å². The number of amides is 2. The van der Waals surface area contributed by atoms with Gasteiger partial charge >= 0.3 is 6.03 Å². The molecule has 3 N–H and O–H groups in total. The molecule has 2 amide bonds. The molecule has 88 valence electrons. The molecule has 1 atom stereocenters. The quantitative estimate of drug-likeness (QED) is 0.611. The lowest BCUT2D eigenvalue weighted by molar-refractivity contribution is 0.0773. The van der Waals surface area contributed by atoms with Gasteiger partial charge in [0.05, 0.1) is 13.2 Å². The number of rotatable bonds is 2. The largest absolute Gasteiger partial charge is 0.378 e. The second kappa shape index (κ2) is 5.32. The second-order valence-corrected chi connectivity index (χ2v) is 4.81. The molecule has 5 heteroatoms. The Bertz CT molecular complexity index is 207. The van der Waals surface area contributed by atoms with Crippen molar-refractivity contribution in [2.24, 2.45) is 0 Å². The summed E-state index contributed by atoms with van der Waals surface area (Å²) in [6.45, 7) is 8.73. The summed E-state index contributed by atoms with van der Waals surface area (Å²) in [6, 6.07) is 0.0966. The minimum atomic E-state index is -0.194. The van der Waals surface area contributed by atoms with Crippen molar-refractivity contribution in [2.75, 3.05) is 26.3 Å². The van der Waals surface area contributed by atoms with Crippen molar-refractivity contribution in [1.82, 2.24) is 16.0 Å². The molecule has 0 saturated carbocycles. The lowest BCUT2D eigenvalue weighted by Crippen LogP contribution is -2.52. The molecule has 15 heavy (non-hydrogen) atoms. The molecule has 1 aliphatic heterocycles. The van der Waals surface area contributed by atoms with Gasteiger partial charge in [0.15, 0.2) is 0 Å². The van der Waals surface area contributed by atoms with Crippen molar-refractivity contribution >= 4 is 6.03 Å². The Morgan fingerprint density at radius 1 is 1.53 bits per heavy atom. The van der Waals surface area contributed by atoms with E-state index in [9.17, 15) is 4.79 Å². The molecule has 0 aliphatic carbocycles. The first-order valence-corrected chi connectivity index (χ1v) is 5.34. The van der Waals surface area contributed by atoms with Gasteiger partial charge in [0.1, 0.15) is 0 Å². The van der Waals surface area contributed by atoms with Crippen molar-refractivity contribution in [3.63, 3.8) is 0 Å². The fourth-order valence-electron chi connectivity index (χ4n) is 1.35. The number of hydrogen-bond donors (Lipinski definition) is 3. The predicted octanol–water partition coefficient (Wildman–Crippen LogP) is 0.0725. The van der Waals surface area contributed by atoms with E-state index in [4.69, 9.17) is 4.74 Å². The molecule has 0 bridgehead atoms. The summed E-state index contributed by atoms with van der Waals surface area (Å²) >= 11 is 0. The van der Waals surface area contributed by atoms with E-state index in [1.165, 1.54) is 0 Å². The molecule has 0 spiro atoms. The van der Waals surface area contributed by atoms with Crippen LogP contribution in [0.5, 0.6) is 0 Å². The van der Waals surface area contributed by atoms with Crippen LogP contribution in [-0.4, -0.2) is 43.9 Å². The van der Waals surface area contributed by atoms with Gasteiger partial charge in [-0.05, 0) is 20.8 Å². The van der Waals surface area contributed by atoms with Gasteiger partial charge in [-0.15, -0.1) is 0 Å². The Hall–Kier alpha value is -0.810. The van der Waals surface area contributed by atoms with Crippen molar-refractivity contribution < 1.29 is 9.53 Å². The Kier molecular flexibility index (Phi) is 4.35. The van der Waals surface area contributed by atoms with Gasteiger partial charge in [-0.1, -0.05) is 0 Å². The molecular weight excluding hydrogens is 194 g/mol. The maximum absolute atomic E-state index is 11.4. The maximum Gasteiger partial charge on any atom is 0.315 e. The third kappa shape index (κ3) is 5.59. The van der Waals surface area contributed by atoms with Crippen LogP contribution in [0.25, 0.3) is 0 Å². The average molecular weight is 215 g/mol. The summed E-state index contributed by atoms with van der Waals surface area (Å²) in [4.78, 5) is 11.4. The molecule has 0 radical (unpaired) electrons. The first kappa shape index (κ1) is 12.3. The van der Waals surface area contributed by atoms with Crippen LogP contribution in [0, 0.1) is 0 Å². The average Bonchev–Trinajstić information content (AvgIpc) is 2.14. The topological polar surface area (TPSA) is 62.4 Å². The highest BCUT2D eigenvalue weighted by molar-refractivity contribution is 5.74. The van der Waals surface area contributed by atoms with Crippen LogP contribution in [0.4, 0.5) is 4.79 Å². The molecule has 1 rings (SSSR count). The lowest BCUT2D eigenvalue weighted by atomic mass is 10.1. The number of carbonyl (C=O) groups is 1. The van der Waals surface area contributed by atoms with Crippen LogP contribution < -0.4 is 16.0 Å². The van der Waals surface area contributed by atoms with E-state index in [0.717, 1.165) is 13.2 Å². The van der Waals surface area contributed by atoms with E-state index >= 15 is 0 Å². The van der Waals surface area contributed by atoms with Crippen LogP contribution in [0.3, 0.4) is 0 Å². The summed E-state index contributed by atoms with van der Waals surface area (Å²) in [5.74, 6) is 0. The van der Waals surface area contributed by atoms with Crippen molar-refractivity contribution in [3.05, 3.63) is 0 Å². The summed E-state index contributed by atoms with van der Waals surface area (Å²) < 4.78 is 5.28. The zero-order valence-electron chi connectivity index (χ0n) is 9.72. The molecule has 0 aromatic rings. The summed E-state index contributed by atoms with van der Waals surface area (Å²) in [5.41, 5.74) is -0.194. The number of ether oxygens (including phenoxy) is 1. The Labute approximate surface area is 90.9 Å². The third-order valence-electron chi connectivity index (χ3n) is 2.00. The normalized spacial score (nSPS) is 22.2. The van der Waals surface area contributed by atoms with E-state index in [1.807, 2.05) is 20.8 Å². The molecule has 5 nitrogen and oxygen atoms in total. The highest BCUT2D eigenvalue weighted by atomic mass is 16.5. The standard InChI is InChI=1S/C10H21N3O2/c1-10(2,3)13-9(14)12-6-8-7-15-5-4-11-8/h8,11H,4-7H2,1-3H3,(H2,12,13,14). The SMILES string of the molecule is CC(C)(C)NC(=O)NCC1COCCN1. The highest BCUT2D eigenvalue weighted by Gasteiger charge is 2.16. The van der Waals surface area contributed by atoms with Crippen molar-refractivity contribution in [2.45, 2.75) is 32.4 Å². The smallest absolute Gasteiger partial charge is 0.315 e. The van der Waals surface area contributed by atoms with E-state index in [1.54, 1.807) is 0 Å². The molecule has 1 saturated heterocycles. The fraction of sp³-hybridized carbons (Fsp3) is 0.900. The third-order valence-corrected chi connectivity index (χ3v) is 2.00. The van der Waals surface area contributed by atoms with Crippen LogP contribution in [0.15, 0.2) is 0 Å². The van der Waals surface area contributed by atoms with Crippen LogP contribution in [0.1, 0.15) is 20.8 Å². The number of hydrogen-bond acceptors (Lipinski definition) is 3.